The van der Waals surface area contributed by atoms with Crippen LogP contribution >= 0.6 is 0 Å². The van der Waals surface area contributed by atoms with Crippen LogP contribution in [0.4, 0.5) is 0 Å². The van der Waals surface area contributed by atoms with E-state index in [1.54, 1.807) is 0 Å². The Morgan fingerprint density at radius 1 is 0.632 bits per heavy atom. The Hall–Kier alpha value is -6.26. The van der Waals surface area contributed by atoms with E-state index in [0.29, 0.717) is 33.6 Å². The maximum atomic E-state index is 11.7. The Labute approximate surface area is 351 Å². The quantitative estimate of drug-likeness (QED) is 0.184. The summed E-state index contributed by atoms with van der Waals surface area (Å²) in [6, 6.07) is 28.1. The van der Waals surface area contributed by atoms with Gasteiger partial charge in [0.15, 0.2) is 0 Å². The highest BCUT2D eigenvalue weighted by Crippen LogP contribution is 2.42. The summed E-state index contributed by atoms with van der Waals surface area (Å²) in [6.07, 6.45) is -0.563. The Morgan fingerprint density at radius 2 is 1.39 bits per heavy atom. The van der Waals surface area contributed by atoms with Crippen molar-refractivity contribution >= 4 is 11.0 Å². The van der Waals surface area contributed by atoms with Gasteiger partial charge in [0.25, 0.3) is 0 Å². The van der Waals surface area contributed by atoms with Gasteiger partial charge in [-0.3, -0.25) is 9.55 Å². The number of rotatable bonds is 6. The van der Waals surface area contributed by atoms with E-state index in [0.717, 1.165) is 44.6 Å². The molecule has 0 unspecified atom stereocenters. The fourth-order valence-corrected chi connectivity index (χ4v) is 7.44. The summed E-state index contributed by atoms with van der Waals surface area (Å²) < 4.78 is 87.7. The number of pyridine rings is 1. The van der Waals surface area contributed by atoms with Gasteiger partial charge in [-0.1, -0.05) is 132 Å². The van der Waals surface area contributed by atoms with Crippen molar-refractivity contribution in [1.29, 1.82) is 0 Å². The fraction of sp³-hybridized carbons (Fsp3) is 0.208. The molecule has 0 fully saturated rings. The molecule has 0 radical (unpaired) electrons. The number of hydrogen-bond donors (Lipinski definition) is 1. The lowest BCUT2D eigenvalue weighted by molar-refractivity contribution is 0.472. The van der Waals surface area contributed by atoms with Crippen molar-refractivity contribution in [3.05, 3.63) is 167 Å². The molecule has 4 nitrogen and oxygen atoms in total. The number of aromatic nitrogens is 3. The lowest BCUT2D eigenvalue weighted by Crippen LogP contribution is -2.14. The van der Waals surface area contributed by atoms with Crippen LogP contribution in [0.1, 0.15) is 83.1 Å². The topological polar surface area (TPSA) is 50.9 Å². The minimum Gasteiger partial charge on any atom is -0.507 e. The van der Waals surface area contributed by atoms with Crippen LogP contribution in [-0.2, 0) is 10.8 Å². The molecule has 0 amide bonds. The summed E-state index contributed by atoms with van der Waals surface area (Å²) in [4.78, 5) is 9.81. The average Bonchev–Trinajstić information content (AvgIpc) is 3.65. The van der Waals surface area contributed by atoms with E-state index in [1.165, 1.54) is 0 Å². The minimum absolute atomic E-state index is 0.0353. The summed E-state index contributed by atoms with van der Waals surface area (Å²) in [5, 5.41) is 11.7. The minimum atomic E-state index is -2.96. The molecular weight excluding hydrogens is 695 g/mol. The molecule has 1 N–H and O–H groups in total. The van der Waals surface area contributed by atoms with Crippen molar-refractivity contribution in [3.63, 3.8) is 0 Å². The molecule has 57 heavy (non-hydrogen) atoms. The molecule has 2 heterocycles. The van der Waals surface area contributed by atoms with Crippen molar-refractivity contribution in [1.82, 2.24) is 14.5 Å². The number of phenols is 1. The summed E-state index contributed by atoms with van der Waals surface area (Å²) >= 11 is 0. The lowest BCUT2D eigenvalue weighted by atomic mass is 9.81. The second-order valence-electron chi connectivity index (χ2n) is 16.8. The zero-order valence-corrected chi connectivity index (χ0v) is 33.5. The molecule has 284 valence electrons. The number of phenolic OH excluding ortho intramolecular Hbond substituents is 1. The van der Waals surface area contributed by atoms with E-state index in [1.807, 2.05) is 101 Å². The number of aromatic hydroxyl groups is 1. The zero-order chi connectivity index (χ0) is 48.8. The molecule has 0 aliphatic rings. The number of fused-ring (bicyclic) bond motifs is 1. The van der Waals surface area contributed by atoms with Gasteiger partial charge in [-0.2, -0.15) is 0 Å². The molecule has 0 aliphatic carbocycles. The predicted molar refractivity (Wildman–Crippen MR) is 239 cm³/mol. The van der Waals surface area contributed by atoms with Crippen molar-refractivity contribution in [2.75, 3.05) is 0 Å². The van der Waals surface area contributed by atoms with E-state index in [2.05, 4.69) is 60.7 Å². The highest BCUT2D eigenvalue weighted by atomic mass is 16.3. The van der Waals surface area contributed by atoms with Crippen LogP contribution in [0.15, 0.2) is 139 Å². The third kappa shape index (κ3) is 7.29. The predicted octanol–water partition coefficient (Wildman–Crippen LogP) is 14.0. The molecule has 0 saturated carbocycles. The number of imidazole rings is 1. The number of benzene rings is 6. The maximum Gasteiger partial charge on any atom is 0.149 e. The van der Waals surface area contributed by atoms with Gasteiger partial charge >= 0.3 is 0 Å². The Morgan fingerprint density at radius 3 is 2.11 bits per heavy atom. The summed E-state index contributed by atoms with van der Waals surface area (Å²) in [6.45, 7) is 13.6. The molecule has 8 rings (SSSR count). The second-order valence-corrected chi connectivity index (χ2v) is 16.8. The van der Waals surface area contributed by atoms with Gasteiger partial charge in [-0.25, -0.2) is 4.98 Å². The van der Waals surface area contributed by atoms with E-state index in [9.17, 15) is 6.48 Å². The van der Waals surface area contributed by atoms with Crippen LogP contribution in [0.5, 0.6) is 5.75 Å². The van der Waals surface area contributed by atoms with Gasteiger partial charge in [-0.05, 0) is 130 Å². The molecule has 2 aromatic heterocycles. The van der Waals surface area contributed by atoms with Crippen LogP contribution in [0.3, 0.4) is 0 Å². The van der Waals surface area contributed by atoms with Crippen LogP contribution < -0.4 is 0 Å². The van der Waals surface area contributed by atoms with Gasteiger partial charge < -0.3 is 5.11 Å². The van der Waals surface area contributed by atoms with Crippen molar-refractivity contribution in [3.8, 4) is 67.5 Å². The van der Waals surface area contributed by atoms with Gasteiger partial charge in [0, 0.05) is 27.1 Å². The van der Waals surface area contributed by atoms with Crippen molar-refractivity contribution < 1.29 is 18.8 Å². The standard InChI is InChI=1S/C53H51N3O/c1-33-18-20-36(21-19-33)38-24-25-54-47(31-38)40-28-39(29-41(30-40)52(4,5)6)44-16-13-17-48-49(44)55-51(45-27-34(2)26-35(3)50(45)57)56(48)42-22-23-43(37-14-11-10-12-15-37)46(32-42)53(7,8)9/h10-32,57H,1-9H3/i1D3,18D,19D,20D,21D,24D,25D,31D. The third-order valence-electron chi connectivity index (χ3n) is 10.4. The third-order valence-corrected chi connectivity index (χ3v) is 10.4. The number of aryl methyl sites for hydroxylation is 2. The smallest absolute Gasteiger partial charge is 0.149 e. The van der Waals surface area contributed by atoms with Crippen LogP contribution in [0.25, 0.3) is 72.7 Å². The fourth-order valence-electron chi connectivity index (χ4n) is 7.44. The molecule has 8 aromatic rings. The summed E-state index contributed by atoms with van der Waals surface area (Å²) in [7, 11) is 0. The lowest BCUT2D eigenvalue weighted by Gasteiger charge is -2.25. The van der Waals surface area contributed by atoms with E-state index < -0.39 is 65.8 Å². The Bertz CT molecular complexity index is 3280. The van der Waals surface area contributed by atoms with Crippen LogP contribution in [0.2, 0.25) is 0 Å². The first-order valence-corrected chi connectivity index (χ1v) is 19.1. The molecular formula is C53H51N3O. The molecule has 0 atom stereocenters. The normalized spacial score (nSPS) is 14.7. The van der Waals surface area contributed by atoms with Gasteiger partial charge in [0.2, 0.25) is 0 Å². The molecule has 4 heteroatoms. The van der Waals surface area contributed by atoms with Crippen molar-refractivity contribution in [2.24, 2.45) is 0 Å². The molecule has 0 aliphatic heterocycles. The van der Waals surface area contributed by atoms with E-state index >= 15 is 0 Å². The first kappa shape index (κ1) is 27.4. The maximum absolute atomic E-state index is 11.7. The van der Waals surface area contributed by atoms with Gasteiger partial charge in [0.05, 0.1) is 31.9 Å². The first-order chi connectivity index (χ1) is 31.3. The van der Waals surface area contributed by atoms with E-state index in [-0.39, 0.29) is 22.4 Å². The number of nitrogens with zero attached hydrogens (tertiary/aromatic N) is 3. The van der Waals surface area contributed by atoms with E-state index in [4.69, 9.17) is 17.3 Å². The monoisotopic (exact) mass is 755 g/mol. The van der Waals surface area contributed by atoms with Crippen LogP contribution in [0, 0.1) is 20.7 Å². The average molecular weight is 756 g/mol. The molecule has 0 spiro atoms. The van der Waals surface area contributed by atoms with Crippen LogP contribution in [-0.4, -0.2) is 19.6 Å². The summed E-state index contributed by atoms with van der Waals surface area (Å²) in [5.74, 6) is 0.640. The number of para-hydroxylation sites is 1. The summed E-state index contributed by atoms with van der Waals surface area (Å²) in [5.41, 5.74) is 8.09. The second kappa shape index (κ2) is 14.4. The molecule has 6 aromatic carbocycles. The SMILES string of the molecule is [2H]c1nc(-c2cc(-c3cccc4c3nc(-c3cc(C)cc(C)c3O)n4-c3ccc(-c4ccccc4)c(C(C)(C)C)c3)cc(C(C)(C)C)c2)c([2H])c(-c2c([2H])c([2H])c(C([2H])([2H])[2H])c([2H])c2[2H])c1[2H]. The van der Waals surface area contributed by atoms with Gasteiger partial charge in [-0.15, -0.1) is 0 Å². The Kier molecular flexibility index (Phi) is 6.89. The Balaban J connectivity index is 1.42. The highest BCUT2D eigenvalue weighted by molar-refractivity contribution is 5.97. The highest BCUT2D eigenvalue weighted by Gasteiger charge is 2.25. The molecule has 0 saturated heterocycles. The largest absolute Gasteiger partial charge is 0.507 e. The van der Waals surface area contributed by atoms with Gasteiger partial charge in [0.1, 0.15) is 11.6 Å². The number of hydrogen-bond acceptors (Lipinski definition) is 3. The molecule has 0 bridgehead atoms. The van der Waals surface area contributed by atoms with Crippen molar-refractivity contribution in [2.45, 2.75) is 73.1 Å². The zero-order valence-electron chi connectivity index (χ0n) is 43.5. The first-order valence-electron chi connectivity index (χ1n) is 24.1.